The fraction of sp³-hybridized carbons (Fsp3) is 0.263. The molecule has 0 atom stereocenters. The zero-order chi connectivity index (χ0) is 20.4. The van der Waals surface area contributed by atoms with Crippen molar-refractivity contribution in [3.05, 3.63) is 56.4 Å². The fourth-order valence-electron chi connectivity index (χ4n) is 2.98. The first-order chi connectivity index (χ1) is 13.3. The van der Waals surface area contributed by atoms with E-state index in [0.29, 0.717) is 28.4 Å². The van der Waals surface area contributed by atoms with E-state index >= 15 is 0 Å². The molecular weight excluding hydrogens is 382 g/mol. The van der Waals surface area contributed by atoms with Gasteiger partial charge in [0.2, 0.25) is 5.91 Å². The predicted octanol–water partition coefficient (Wildman–Crippen LogP) is 1.94. The summed E-state index contributed by atoms with van der Waals surface area (Å²) < 4.78 is 6.55. The topological polar surface area (TPSA) is 125 Å². The molecular formula is C19H19N3O5S. The largest absolute Gasteiger partial charge is 0.497 e. The van der Waals surface area contributed by atoms with E-state index in [1.807, 2.05) is 12.1 Å². The molecule has 2 aromatic heterocycles. The van der Waals surface area contributed by atoms with Gasteiger partial charge < -0.3 is 15.6 Å². The molecule has 0 aliphatic heterocycles. The van der Waals surface area contributed by atoms with Crippen LogP contribution in [0.4, 0.5) is 0 Å². The Morgan fingerprint density at radius 2 is 1.96 bits per heavy atom. The molecule has 3 aromatic rings. The molecule has 0 spiro atoms. The van der Waals surface area contributed by atoms with Crippen molar-refractivity contribution < 1.29 is 19.4 Å². The third kappa shape index (κ3) is 3.74. The summed E-state index contributed by atoms with van der Waals surface area (Å²) in [6.45, 7) is 1.67. The van der Waals surface area contributed by atoms with Gasteiger partial charge in [0.25, 0.3) is 5.56 Å². The van der Waals surface area contributed by atoms with E-state index in [4.69, 9.17) is 10.5 Å². The minimum Gasteiger partial charge on any atom is -0.497 e. The molecule has 0 fully saturated rings. The maximum absolute atomic E-state index is 13.1. The Hall–Kier alpha value is -3.20. The fourth-order valence-corrected chi connectivity index (χ4v) is 4.01. The molecule has 1 amide bonds. The van der Waals surface area contributed by atoms with E-state index in [1.54, 1.807) is 26.2 Å². The van der Waals surface area contributed by atoms with Crippen LogP contribution in [-0.2, 0) is 17.8 Å². The summed E-state index contributed by atoms with van der Waals surface area (Å²) in [6.07, 6.45) is 0.324. The Morgan fingerprint density at radius 1 is 1.29 bits per heavy atom. The van der Waals surface area contributed by atoms with Crippen LogP contribution in [0.2, 0.25) is 0 Å². The highest BCUT2D eigenvalue weighted by molar-refractivity contribution is 7.20. The number of aromatic nitrogens is 2. The summed E-state index contributed by atoms with van der Waals surface area (Å²) in [6, 6.07) is 7.32. The monoisotopic (exact) mass is 401 g/mol. The van der Waals surface area contributed by atoms with E-state index in [9.17, 15) is 19.5 Å². The number of fused-ring (bicyclic) bond motifs is 1. The second-order valence-corrected chi connectivity index (χ2v) is 7.27. The van der Waals surface area contributed by atoms with Gasteiger partial charge in [-0.3, -0.25) is 14.2 Å². The Kier molecular flexibility index (Phi) is 5.46. The van der Waals surface area contributed by atoms with Gasteiger partial charge in [0, 0.05) is 19.4 Å². The van der Waals surface area contributed by atoms with E-state index in [-0.39, 0.29) is 28.8 Å². The van der Waals surface area contributed by atoms with Crippen LogP contribution in [0.25, 0.3) is 10.2 Å². The Labute approximate surface area is 164 Å². The summed E-state index contributed by atoms with van der Waals surface area (Å²) in [5.41, 5.74) is 6.16. The number of nitrogens with two attached hydrogens (primary N) is 1. The number of hydrogen-bond donors (Lipinski definition) is 2. The van der Waals surface area contributed by atoms with E-state index < -0.39 is 11.9 Å². The normalized spacial score (nSPS) is 10.9. The quantitative estimate of drug-likeness (QED) is 0.623. The van der Waals surface area contributed by atoms with Crippen LogP contribution >= 0.6 is 11.3 Å². The van der Waals surface area contributed by atoms with E-state index in [0.717, 1.165) is 16.9 Å². The van der Waals surface area contributed by atoms with E-state index in [1.165, 1.54) is 4.57 Å². The highest BCUT2D eigenvalue weighted by Gasteiger charge is 2.21. The van der Waals surface area contributed by atoms with Crippen LogP contribution in [0.15, 0.2) is 29.1 Å². The van der Waals surface area contributed by atoms with Crippen LogP contribution in [0.3, 0.4) is 0 Å². The van der Waals surface area contributed by atoms with E-state index in [2.05, 4.69) is 4.98 Å². The molecule has 2 heterocycles. The van der Waals surface area contributed by atoms with Crippen molar-refractivity contribution in [2.75, 3.05) is 7.11 Å². The lowest BCUT2D eigenvalue weighted by molar-refractivity contribution is -0.118. The maximum atomic E-state index is 13.1. The number of carboxylic acid groups (broad SMARTS) is 1. The Balaban J connectivity index is 2.14. The lowest BCUT2D eigenvalue weighted by Crippen LogP contribution is -2.28. The predicted molar refractivity (Wildman–Crippen MR) is 105 cm³/mol. The molecule has 28 heavy (non-hydrogen) atoms. The summed E-state index contributed by atoms with van der Waals surface area (Å²) in [7, 11) is 1.57. The number of amides is 1. The third-order valence-corrected chi connectivity index (χ3v) is 5.60. The molecule has 3 N–H and O–H groups in total. The number of aromatic carboxylic acids is 1. The number of carbonyl (C=O) groups is 2. The maximum Gasteiger partial charge on any atom is 0.346 e. The zero-order valence-corrected chi connectivity index (χ0v) is 16.2. The molecule has 0 aliphatic rings. The molecule has 0 bridgehead atoms. The summed E-state index contributed by atoms with van der Waals surface area (Å²) in [5, 5.41) is 9.63. The standard InChI is InChI=1S/C19H19N3O5S/c1-10-15-17(28-16(10)19(25)26)21-14(22(18(15)24)8-7-13(20)23)9-11-3-5-12(27-2)6-4-11/h3-6H,7-9H2,1-2H3,(H2,20,23)(H,25,26). The van der Waals surface area contributed by atoms with Gasteiger partial charge in [-0.25, -0.2) is 9.78 Å². The number of rotatable bonds is 7. The smallest absolute Gasteiger partial charge is 0.346 e. The number of methoxy groups -OCH3 is 1. The number of aryl methyl sites for hydroxylation is 1. The number of carboxylic acids is 1. The van der Waals surface area contributed by atoms with Crippen molar-refractivity contribution in [2.24, 2.45) is 5.73 Å². The molecule has 0 radical (unpaired) electrons. The molecule has 3 rings (SSSR count). The van der Waals surface area contributed by atoms with Gasteiger partial charge in [-0.05, 0) is 30.2 Å². The lowest BCUT2D eigenvalue weighted by Gasteiger charge is -2.12. The lowest BCUT2D eigenvalue weighted by atomic mass is 10.1. The molecule has 1 aromatic carbocycles. The SMILES string of the molecule is COc1ccc(Cc2nc3sc(C(=O)O)c(C)c3c(=O)n2CCC(N)=O)cc1. The Bertz CT molecular complexity index is 1120. The van der Waals surface area contributed by atoms with Gasteiger partial charge in [0.1, 0.15) is 21.3 Å². The minimum absolute atomic E-state index is 0.0162. The van der Waals surface area contributed by atoms with Crippen molar-refractivity contribution >= 4 is 33.4 Å². The average Bonchev–Trinajstić information content (AvgIpc) is 2.98. The van der Waals surface area contributed by atoms with Crippen molar-refractivity contribution in [1.82, 2.24) is 9.55 Å². The average molecular weight is 401 g/mol. The number of carbonyl (C=O) groups excluding carboxylic acids is 1. The van der Waals surface area contributed by atoms with Gasteiger partial charge >= 0.3 is 5.97 Å². The second-order valence-electron chi connectivity index (χ2n) is 6.27. The number of ether oxygens (including phenoxy) is 1. The highest BCUT2D eigenvalue weighted by Crippen LogP contribution is 2.28. The molecule has 0 aliphatic carbocycles. The van der Waals surface area contributed by atoms with Crippen LogP contribution < -0.4 is 16.0 Å². The van der Waals surface area contributed by atoms with Crippen LogP contribution in [0.5, 0.6) is 5.75 Å². The molecule has 0 saturated carbocycles. The number of nitrogens with zero attached hydrogens (tertiary/aromatic N) is 2. The van der Waals surface area contributed by atoms with Gasteiger partial charge in [0.05, 0.1) is 12.5 Å². The molecule has 9 heteroatoms. The molecule has 0 unspecified atom stereocenters. The van der Waals surface area contributed by atoms with Crippen molar-refractivity contribution in [3.63, 3.8) is 0 Å². The summed E-state index contributed by atoms with van der Waals surface area (Å²) in [4.78, 5) is 40.8. The number of benzene rings is 1. The molecule has 0 saturated heterocycles. The van der Waals surface area contributed by atoms with Gasteiger partial charge in [-0.15, -0.1) is 11.3 Å². The zero-order valence-electron chi connectivity index (χ0n) is 15.4. The van der Waals surface area contributed by atoms with Crippen molar-refractivity contribution in [2.45, 2.75) is 26.3 Å². The van der Waals surface area contributed by atoms with Gasteiger partial charge in [-0.2, -0.15) is 0 Å². The highest BCUT2D eigenvalue weighted by atomic mass is 32.1. The first-order valence-electron chi connectivity index (χ1n) is 8.49. The summed E-state index contributed by atoms with van der Waals surface area (Å²) >= 11 is 0.974. The number of primary amides is 1. The van der Waals surface area contributed by atoms with Crippen LogP contribution in [0.1, 0.15) is 33.0 Å². The number of thiophene rings is 1. The van der Waals surface area contributed by atoms with Gasteiger partial charge in [0.15, 0.2) is 0 Å². The van der Waals surface area contributed by atoms with Gasteiger partial charge in [-0.1, -0.05) is 12.1 Å². The summed E-state index contributed by atoms with van der Waals surface area (Å²) in [5.74, 6) is -0.476. The molecule has 146 valence electrons. The van der Waals surface area contributed by atoms with Crippen LogP contribution in [0, 0.1) is 6.92 Å². The molecule has 8 nitrogen and oxygen atoms in total. The van der Waals surface area contributed by atoms with Crippen molar-refractivity contribution in [1.29, 1.82) is 0 Å². The van der Waals surface area contributed by atoms with Crippen LogP contribution in [-0.4, -0.2) is 33.6 Å². The Morgan fingerprint density at radius 3 is 2.54 bits per heavy atom. The second kappa shape index (κ2) is 7.81. The first kappa shape index (κ1) is 19.6. The number of hydrogen-bond acceptors (Lipinski definition) is 6. The van der Waals surface area contributed by atoms with Crippen molar-refractivity contribution in [3.8, 4) is 5.75 Å². The first-order valence-corrected chi connectivity index (χ1v) is 9.30. The third-order valence-electron chi connectivity index (χ3n) is 4.43. The minimum atomic E-state index is -1.10.